The van der Waals surface area contributed by atoms with Crippen molar-refractivity contribution in [1.82, 2.24) is 5.16 Å². The zero-order valence-corrected chi connectivity index (χ0v) is 15.3. The Morgan fingerprint density at radius 1 is 1.16 bits per heavy atom. The number of anilines is 1. The minimum absolute atomic E-state index is 0.0415. The van der Waals surface area contributed by atoms with Crippen molar-refractivity contribution >= 4 is 27.3 Å². The lowest BCUT2D eigenvalue weighted by molar-refractivity contribution is 0.399. The van der Waals surface area contributed by atoms with E-state index in [0.29, 0.717) is 11.4 Å². The molecule has 0 aliphatic carbocycles. The van der Waals surface area contributed by atoms with Gasteiger partial charge >= 0.3 is 0 Å². The Kier molecular flexibility index (Phi) is 6.27. The average Bonchev–Trinajstić information content (AvgIpc) is 2.97. The highest BCUT2D eigenvalue weighted by molar-refractivity contribution is 7.86. The van der Waals surface area contributed by atoms with Gasteiger partial charge in [0.05, 0.1) is 0 Å². The van der Waals surface area contributed by atoms with Crippen LogP contribution in [-0.2, 0) is 10.1 Å². The third-order valence-corrected chi connectivity index (χ3v) is 4.33. The van der Waals surface area contributed by atoms with Gasteiger partial charge in [-0.05, 0) is 38.0 Å². The molecule has 8 nitrogen and oxygen atoms in total. The molecule has 2 rings (SSSR count). The van der Waals surface area contributed by atoms with Gasteiger partial charge in [0, 0.05) is 24.8 Å². The summed E-state index contributed by atoms with van der Waals surface area (Å²) in [6, 6.07) is 6.27. The van der Waals surface area contributed by atoms with Crippen LogP contribution < -0.4 is 4.90 Å². The Hall–Kier alpha value is -2.26. The van der Waals surface area contributed by atoms with E-state index >= 15 is 0 Å². The molecule has 0 radical (unpaired) electrons. The van der Waals surface area contributed by atoms with Crippen LogP contribution in [0.4, 0.5) is 17.2 Å². The second-order valence-electron chi connectivity index (χ2n) is 5.61. The number of azo groups is 1. The fourth-order valence-corrected chi connectivity index (χ4v) is 3.05. The topological polar surface area (TPSA) is 108 Å². The lowest BCUT2D eigenvalue weighted by Gasteiger charge is -2.24. The molecule has 0 bridgehead atoms. The van der Waals surface area contributed by atoms with Crippen LogP contribution in [0.15, 0.2) is 43.9 Å². The van der Waals surface area contributed by atoms with Crippen molar-refractivity contribution in [2.75, 3.05) is 18.0 Å². The third-order valence-electron chi connectivity index (χ3n) is 3.45. The molecule has 25 heavy (non-hydrogen) atoms. The van der Waals surface area contributed by atoms with Gasteiger partial charge in [-0.15, -0.1) is 10.2 Å². The fourth-order valence-electron chi connectivity index (χ4n) is 2.40. The summed E-state index contributed by atoms with van der Waals surface area (Å²) < 4.78 is 38.0. The van der Waals surface area contributed by atoms with Gasteiger partial charge in [0.25, 0.3) is 10.1 Å². The summed E-state index contributed by atoms with van der Waals surface area (Å²) in [7, 11) is -4.44. The Balaban J connectivity index is 2.42. The van der Waals surface area contributed by atoms with E-state index in [1.165, 1.54) is 12.1 Å². The smallest absolute Gasteiger partial charge is 0.296 e. The van der Waals surface area contributed by atoms with Crippen LogP contribution in [0.3, 0.4) is 0 Å². The maximum absolute atomic E-state index is 11.8. The summed E-state index contributed by atoms with van der Waals surface area (Å²) in [5, 5.41) is 11.4. The van der Waals surface area contributed by atoms with Gasteiger partial charge in [0.2, 0.25) is 5.82 Å². The molecule has 136 valence electrons. The Morgan fingerprint density at radius 3 is 2.36 bits per heavy atom. The minimum atomic E-state index is -4.44. The van der Waals surface area contributed by atoms with E-state index in [-0.39, 0.29) is 16.4 Å². The Bertz CT molecular complexity index is 840. The summed E-state index contributed by atoms with van der Waals surface area (Å²) in [4.78, 5) is 1.78. The summed E-state index contributed by atoms with van der Waals surface area (Å²) in [6.45, 7) is 7.39. The van der Waals surface area contributed by atoms with E-state index < -0.39 is 10.1 Å². The van der Waals surface area contributed by atoms with Crippen LogP contribution in [0.5, 0.6) is 0 Å². The zero-order valence-electron chi connectivity index (χ0n) is 14.5. The molecule has 0 spiro atoms. The van der Waals surface area contributed by atoms with Crippen molar-refractivity contribution in [3.63, 3.8) is 0 Å². The molecule has 1 aromatic heterocycles. The molecule has 1 heterocycles. The number of hydrogen-bond donors (Lipinski definition) is 1. The SMILES string of the molecule is CCCN(CCC)c1ccc(N=Nc2cc(C)on2)c(S(=O)(=O)O)c1. The van der Waals surface area contributed by atoms with Crippen molar-refractivity contribution in [3.05, 3.63) is 30.0 Å². The second-order valence-corrected chi connectivity index (χ2v) is 7.00. The van der Waals surface area contributed by atoms with Crippen LogP contribution in [-0.4, -0.2) is 31.2 Å². The lowest BCUT2D eigenvalue weighted by Crippen LogP contribution is -2.25. The number of aromatic nitrogens is 1. The first kappa shape index (κ1) is 19.1. The zero-order chi connectivity index (χ0) is 18.4. The average molecular weight is 366 g/mol. The molecular weight excluding hydrogens is 344 g/mol. The molecule has 0 atom stereocenters. The van der Waals surface area contributed by atoms with Gasteiger partial charge in [-0.25, -0.2) is 0 Å². The molecule has 0 saturated carbocycles. The van der Waals surface area contributed by atoms with Crippen LogP contribution in [0.25, 0.3) is 0 Å². The van der Waals surface area contributed by atoms with Crippen molar-refractivity contribution in [2.24, 2.45) is 10.2 Å². The van der Waals surface area contributed by atoms with Crippen molar-refractivity contribution in [1.29, 1.82) is 0 Å². The number of rotatable bonds is 8. The van der Waals surface area contributed by atoms with E-state index in [4.69, 9.17) is 4.52 Å². The largest absolute Gasteiger partial charge is 0.372 e. The van der Waals surface area contributed by atoms with E-state index in [2.05, 4.69) is 34.1 Å². The number of hydrogen-bond acceptors (Lipinski definition) is 7. The molecule has 2 aromatic rings. The standard InChI is InChI=1S/C16H22N4O4S/c1-4-8-20(9-5-2)13-6-7-14(15(11-13)25(21,22)23)17-18-16-10-12(3)24-19-16/h6-7,10-11H,4-5,8-9H2,1-3H3,(H,21,22,23). The molecule has 0 fully saturated rings. The predicted octanol–water partition coefficient (Wildman–Crippen LogP) is 4.27. The van der Waals surface area contributed by atoms with Gasteiger partial charge in [-0.3, -0.25) is 4.55 Å². The number of aryl methyl sites for hydroxylation is 1. The molecule has 0 aliphatic heterocycles. The van der Waals surface area contributed by atoms with Gasteiger partial charge in [0.15, 0.2) is 0 Å². The molecule has 0 amide bonds. The van der Waals surface area contributed by atoms with Gasteiger partial charge in [0.1, 0.15) is 16.3 Å². The molecule has 0 aliphatic rings. The van der Waals surface area contributed by atoms with Crippen LogP contribution >= 0.6 is 0 Å². The van der Waals surface area contributed by atoms with Crippen molar-refractivity contribution < 1.29 is 17.5 Å². The molecule has 9 heteroatoms. The quantitative estimate of drug-likeness (QED) is 0.552. The highest BCUT2D eigenvalue weighted by atomic mass is 32.2. The fraction of sp³-hybridized carbons (Fsp3) is 0.438. The summed E-state index contributed by atoms with van der Waals surface area (Å²) in [6.07, 6.45) is 1.85. The van der Waals surface area contributed by atoms with Gasteiger partial charge < -0.3 is 9.42 Å². The molecule has 1 aromatic carbocycles. The van der Waals surface area contributed by atoms with Crippen molar-refractivity contribution in [2.45, 2.75) is 38.5 Å². The summed E-state index contributed by atoms with van der Waals surface area (Å²) in [5.41, 5.74) is 0.757. The summed E-state index contributed by atoms with van der Waals surface area (Å²) >= 11 is 0. The second kappa shape index (κ2) is 8.21. The predicted molar refractivity (Wildman–Crippen MR) is 94.5 cm³/mol. The molecule has 0 unspecified atom stereocenters. The van der Waals surface area contributed by atoms with E-state index in [9.17, 15) is 13.0 Å². The lowest BCUT2D eigenvalue weighted by atomic mass is 10.2. The maximum Gasteiger partial charge on any atom is 0.296 e. The van der Waals surface area contributed by atoms with Crippen molar-refractivity contribution in [3.8, 4) is 0 Å². The highest BCUT2D eigenvalue weighted by Crippen LogP contribution is 2.30. The Labute approximate surface area is 147 Å². The molecule has 1 N–H and O–H groups in total. The van der Waals surface area contributed by atoms with Crippen LogP contribution in [0, 0.1) is 6.92 Å². The third kappa shape index (κ3) is 5.10. The number of nitrogens with zero attached hydrogens (tertiary/aromatic N) is 4. The van der Waals surface area contributed by atoms with E-state index in [0.717, 1.165) is 25.9 Å². The first-order valence-corrected chi connectivity index (χ1v) is 9.50. The van der Waals surface area contributed by atoms with Crippen LogP contribution in [0.1, 0.15) is 32.4 Å². The first-order valence-electron chi connectivity index (χ1n) is 8.06. The highest BCUT2D eigenvalue weighted by Gasteiger charge is 2.18. The Morgan fingerprint density at radius 2 is 1.84 bits per heavy atom. The van der Waals surface area contributed by atoms with Gasteiger partial charge in [-0.1, -0.05) is 19.0 Å². The van der Waals surface area contributed by atoms with Crippen LogP contribution in [0.2, 0.25) is 0 Å². The first-order chi connectivity index (χ1) is 11.8. The molecule has 0 saturated heterocycles. The van der Waals surface area contributed by atoms with E-state index in [1.807, 2.05) is 0 Å². The van der Waals surface area contributed by atoms with E-state index in [1.54, 1.807) is 19.1 Å². The van der Waals surface area contributed by atoms with Gasteiger partial charge in [-0.2, -0.15) is 8.42 Å². The monoisotopic (exact) mass is 366 g/mol. The molecular formula is C16H22N4O4S. The normalized spacial score (nSPS) is 12.0. The summed E-state index contributed by atoms with van der Waals surface area (Å²) in [5.74, 6) is 0.788. The maximum atomic E-state index is 11.8. The number of benzene rings is 1. The minimum Gasteiger partial charge on any atom is -0.372 e.